The largest absolute Gasteiger partial charge is 0.550 e. The van der Waals surface area contributed by atoms with Gasteiger partial charge in [0.2, 0.25) is 5.91 Å². The standard InChI is InChI=1S/C14H16N2O5/c17-12(9-2-1-5-21-9)15-16-13(18)10-7-3-4-8(6-7)11(10)14(19)20/h1-2,5,7-8,10-11H,3-4,6H2,(H,15,17)(H,16,18)(H,19,20)/p-1/t7-,8-,10-,11-/m0/s1. The van der Waals surface area contributed by atoms with Gasteiger partial charge in [-0.15, -0.1) is 0 Å². The van der Waals surface area contributed by atoms with E-state index in [-0.39, 0.29) is 17.6 Å². The quantitative estimate of drug-likeness (QED) is 0.726. The van der Waals surface area contributed by atoms with Crippen LogP contribution in [0.4, 0.5) is 0 Å². The molecule has 0 spiro atoms. The number of carbonyl (C=O) groups is 3. The minimum absolute atomic E-state index is 0.0107. The van der Waals surface area contributed by atoms with Crippen molar-refractivity contribution in [2.75, 3.05) is 0 Å². The molecule has 1 aromatic rings. The first-order chi connectivity index (χ1) is 10.1. The Bertz CT molecular complexity index is 568. The number of carbonyl (C=O) groups excluding carboxylic acids is 3. The lowest BCUT2D eigenvalue weighted by Gasteiger charge is -2.30. The van der Waals surface area contributed by atoms with Gasteiger partial charge in [-0.05, 0) is 43.2 Å². The van der Waals surface area contributed by atoms with Gasteiger partial charge in [0.25, 0.3) is 0 Å². The molecule has 2 N–H and O–H groups in total. The summed E-state index contributed by atoms with van der Waals surface area (Å²) >= 11 is 0. The molecule has 0 aromatic carbocycles. The van der Waals surface area contributed by atoms with Crippen LogP contribution in [-0.2, 0) is 9.59 Å². The number of hydrogen-bond acceptors (Lipinski definition) is 5. The first-order valence-electron chi connectivity index (χ1n) is 6.92. The van der Waals surface area contributed by atoms with Gasteiger partial charge in [0.1, 0.15) is 0 Å². The van der Waals surface area contributed by atoms with Crippen molar-refractivity contribution >= 4 is 17.8 Å². The zero-order chi connectivity index (χ0) is 15.0. The molecule has 0 saturated heterocycles. The fraction of sp³-hybridized carbons (Fsp3) is 0.500. The van der Waals surface area contributed by atoms with E-state index in [0.717, 1.165) is 19.3 Å². The number of amides is 2. The van der Waals surface area contributed by atoms with Gasteiger partial charge in [-0.3, -0.25) is 20.4 Å². The SMILES string of the molecule is O=C(NNC(=O)[C@H]1[C@H]2CC[C@@H](C2)[C@@H]1C(=O)[O-])c1ccco1. The number of fused-ring (bicyclic) bond motifs is 2. The molecule has 2 saturated carbocycles. The molecule has 1 aromatic heterocycles. The maximum absolute atomic E-state index is 12.2. The lowest BCUT2D eigenvalue weighted by Crippen LogP contribution is -2.50. The highest BCUT2D eigenvalue weighted by atomic mass is 16.4. The molecule has 21 heavy (non-hydrogen) atoms. The maximum atomic E-state index is 12.2. The molecule has 2 fully saturated rings. The van der Waals surface area contributed by atoms with Crippen LogP contribution in [-0.4, -0.2) is 17.8 Å². The lowest BCUT2D eigenvalue weighted by molar-refractivity contribution is -0.314. The van der Waals surface area contributed by atoms with Gasteiger partial charge in [-0.25, -0.2) is 0 Å². The van der Waals surface area contributed by atoms with E-state index in [9.17, 15) is 19.5 Å². The van der Waals surface area contributed by atoms with E-state index in [1.165, 1.54) is 12.3 Å². The van der Waals surface area contributed by atoms with E-state index in [2.05, 4.69) is 10.9 Å². The van der Waals surface area contributed by atoms with Crippen LogP contribution in [0.5, 0.6) is 0 Å². The molecule has 2 aliphatic carbocycles. The predicted molar refractivity (Wildman–Crippen MR) is 67.1 cm³/mol. The Hall–Kier alpha value is -2.31. The second kappa shape index (κ2) is 5.23. The summed E-state index contributed by atoms with van der Waals surface area (Å²) in [6.45, 7) is 0. The fourth-order valence-corrected chi connectivity index (χ4v) is 3.68. The highest BCUT2D eigenvalue weighted by Gasteiger charge is 2.51. The van der Waals surface area contributed by atoms with Crippen LogP contribution in [0.1, 0.15) is 29.8 Å². The van der Waals surface area contributed by atoms with Crippen LogP contribution in [0.2, 0.25) is 0 Å². The average molecular weight is 291 g/mol. The summed E-state index contributed by atoms with van der Waals surface area (Å²) in [6.07, 6.45) is 3.76. The Labute approximate surface area is 120 Å². The minimum Gasteiger partial charge on any atom is -0.550 e. The predicted octanol–water partition coefficient (Wildman–Crippen LogP) is -0.547. The average Bonchev–Trinajstić information content (AvgIpc) is 3.17. The zero-order valence-corrected chi connectivity index (χ0v) is 11.2. The van der Waals surface area contributed by atoms with Crippen molar-refractivity contribution in [3.63, 3.8) is 0 Å². The summed E-state index contributed by atoms with van der Waals surface area (Å²) in [5, 5.41) is 11.2. The van der Waals surface area contributed by atoms with Gasteiger partial charge in [0.05, 0.1) is 12.2 Å². The third kappa shape index (κ3) is 2.39. The molecule has 0 aliphatic heterocycles. The number of nitrogens with one attached hydrogen (secondary N) is 2. The molecule has 4 atom stereocenters. The van der Waals surface area contributed by atoms with E-state index < -0.39 is 29.6 Å². The van der Waals surface area contributed by atoms with Gasteiger partial charge in [0.15, 0.2) is 5.76 Å². The number of carboxylic acids is 1. The van der Waals surface area contributed by atoms with Gasteiger partial charge in [-0.2, -0.15) is 0 Å². The number of hydrogen-bond donors (Lipinski definition) is 2. The molecule has 1 heterocycles. The number of hydrazine groups is 1. The van der Waals surface area contributed by atoms with Crippen molar-refractivity contribution in [2.24, 2.45) is 23.7 Å². The molecule has 0 unspecified atom stereocenters. The Morgan fingerprint density at radius 1 is 1.14 bits per heavy atom. The summed E-state index contributed by atoms with van der Waals surface area (Å²) in [5.74, 6) is -3.50. The van der Waals surface area contributed by atoms with E-state index in [1.807, 2.05) is 0 Å². The second-order valence-corrected chi connectivity index (χ2v) is 5.62. The van der Waals surface area contributed by atoms with E-state index >= 15 is 0 Å². The lowest BCUT2D eigenvalue weighted by atomic mass is 9.79. The Morgan fingerprint density at radius 2 is 1.86 bits per heavy atom. The third-order valence-corrected chi connectivity index (χ3v) is 4.54. The molecule has 112 valence electrons. The van der Waals surface area contributed by atoms with Crippen molar-refractivity contribution < 1.29 is 23.9 Å². The fourth-order valence-electron chi connectivity index (χ4n) is 3.68. The molecule has 3 rings (SSSR count). The van der Waals surface area contributed by atoms with Gasteiger partial charge in [0, 0.05) is 11.9 Å². The van der Waals surface area contributed by atoms with Crippen molar-refractivity contribution in [1.29, 1.82) is 0 Å². The van der Waals surface area contributed by atoms with Crippen LogP contribution in [0.3, 0.4) is 0 Å². The first kappa shape index (κ1) is 13.7. The van der Waals surface area contributed by atoms with Crippen molar-refractivity contribution in [3.05, 3.63) is 24.2 Å². The number of aliphatic carboxylic acids is 1. The Morgan fingerprint density at radius 3 is 2.48 bits per heavy atom. The number of carboxylic acid groups (broad SMARTS) is 1. The zero-order valence-electron chi connectivity index (χ0n) is 11.2. The van der Waals surface area contributed by atoms with Crippen LogP contribution >= 0.6 is 0 Å². The monoisotopic (exact) mass is 291 g/mol. The van der Waals surface area contributed by atoms with E-state index in [1.54, 1.807) is 6.07 Å². The number of rotatable bonds is 3. The summed E-state index contributed by atoms with van der Waals surface area (Å²) in [5.41, 5.74) is 4.53. The number of furan rings is 1. The third-order valence-electron chi connectivity index (χ3n) is 4.54. The topological polar surface area (TPSA) is 111 Å². The molecule has 2 aliphatic rings. The Kier molecular flexibility index (Phi) is 3.40. The van der Waals surface area contributed by atoms with Crippen LogP contribution in [0, 0.1) is 23.7 Å². The molecule has 7 nitrogen and oxygen atoms in total. The van der Waals surface area contributed by atoms with Crippen molar-refractivity contribution in [1.82, 2.24) is 10.9 Å². The smallest absolute Gasteiger partial charge is 0.305 e. The van der Waals surface area contributed by atoms with Crippen molar-refractivity contribution in [2.45, 2.75) is 19.3 Å². The molecule has 7 heteroatoms. The van der Waals surface area contributed by atoms with Crippen LogP contribution in [0.25, 0.3) is 0 Å². The molecule has 2 amide bonds. The van der Waals surface area contributed by atoms with Gasteiger partial charge in [-0.1, -0.05) is 0 Å². The van der Waals surface area contributed by atoms with Crippen LogP contribution < -0.4 is 16.0 Å². The van der Waals surface area contributed by atoms with Crippen LogP contribution in [0.15, 0.2) is 22.8 Å². The molecular weight excluding hydrogens is 276 g/mol. The second-order valence-electron chi connectivity index (χ2n) is 5.62. The summed E-state index contributed by atoms with van der Waals surface area (Å²) in [6, 6.07) is 3.02. The van der Waals surface area contributed by atoms with Gasteiger partial charge < -0.3 is 14.3 Å². The minimum atomic E-state index is -1.18. The van der Waals surface area contributed by atoms with Gasteiger partial charge >= 0.3 is 5.91 Å². The van der Waals surface area contributed by atoms with E-state index in [4.69, 9.17) is 4.42 Å². The molecule has 0 radical (unpaired) electrons. The van der Waals surface area contributed by atoms with Crippen molar-refractivity contribution in [3.8, 4) is 0 Å². The maximum Gasteiger partial charge on any atom is 0.305 e. The van der Waals surface area contributed by atoms with E-state index in [0.29, 0.717) is 0 Å². The summed E-state index contributed by atoms with van der Waals surface area (Å²) in [4.78, 5) is 35.1. The Balaban J connectivity index is 1.62. The molecule has 2 bridgehead atoms. The summed E-state index contributed by atoms with van der Waals surface area (Å²) < 4.78 is 4.89. The molecular formula is C14H15N2O5-. The highest BCUT2D eigenvalue weighted by molar-refractivity contribution is 5.93. The summed E-state index contributed by atoms with van der Waals surface area (Å²) in [7, 11) is 0. The normalized spacial score (nSPS) is 30.1. The first-order valence-corrected chi connectivity index (χ1v) is 6.92. The highest BCUT2D eigenvalue weighted by Crippen LogP contribution is 2.52.